The Bertz CT molecular complexity index is 1200. The van der Waals surface area contributed by atoms with E-state index in [4.69, 9.17) is 0 Å². The smallest absolute Gasteiger partial charge is 0.264 e. The van der Waals surface area contributed by atoms with E-state index in [0.717, 1.165) is 27.9 Å². The first kappa shape index (κ1) is 19.3. The molecular formula is C28H23NO2. The van der Waals surface area contributed by atoms with Gasteiger partial charge in [-0.25, -0.2) is 0 Å². The van der Waals surface area contributed by atoms with Crippen molar-refractivity contribution in [1.29, 1.82) is 0 Å². The summed E-state index contributed by atoms with van der Waals surface area (Å²) in [5.41, 5.74) is 4.08. The Morgan fingerprint density at radius 1 is 0.645 bits per heavy atom. The third kappa shape index (κ3) is 3.54. The molecule has 0 aliphatic carbocycles. The molecule has 0 aromatic heterocycles. The molecule has 5 rings (SSSR count). The second kappa shape index (κ2) is 7.86. The molecule has 1 amide bonds. The maximum absolute atomic E-state index is 13.5. The summed E-state index contributed by atoms with van der Waals surface area (Å²) in [4.78, 5) is 15.2. The number of hydrogen-bond acceptors (Lipinski definition) is 2. The van der Waals surface area contributed by atoms with Gasteiger partial charge < -0.3 is 10.0 Å². The summed E-state index contributed by atoms with van der Waals surface area (Å²) in [7, 11) is 0. The van der Waals surface area contributed by atoms with Gasteiger partial charge in [-0.3, -0.25) is 4.79 Å². The van der Waals surface area contributed by atoms with Crippen LogP contribution < -0.4 is 4.90 Å². The second-order valence-electron chi connectivity index (χ2n) is 7.99. The molecule has 4 aromatic rings. The number of anilines is 1. The average Bonchev–Trinajstić information content (AvgIpc) is 3.03. The van der Waals surface area contributed by atoms with Gasteiger partial charge in [0.25, 0.3) is 5.91 Å². The summed E-state index contributed by atoms with van der Waals surface area (Å²) in [5, 5.41) is 11.6. The third-order valence-electron chi connectivity index (χ3n) is 5.94. The minimum atomic E-state index is -1.57. The van der Waals surface area contributed by atoms with Gasteiger partial charge in [-0.1, -0.05) is 103 Å². The van der Waals surface area contributed by atoms with Crippen molar-refractivity contribution in [3.8, 4) is 11.1 Å². The molecule has 3 heteroatoms. The number of nitrogens with zero attached hydrogens (tertiary/aromatic N) is 1. The van der Waals surface area contributed by atoms with Crippen molar-refractivity contribution in [2.24, 2.45) is 0 Å². The van der Waals surface area contributed by atoms with Gasteiger partial charge in [0.1, 0.15) is 0 Å². The number of carbonyl (C=O) groups excluding carboxylic acids is 1. The number of carbonyl (C=O) groups is 1. The lowest BCUT2D eigenvalue weighted by Crippen LogP contribution is -2.41. The molecule has 1 atom stereocenters. The largest absolute Gasteiger partial charge is 0.375 e. The fraction of sp³-hybridized carbons (Fsp3) is 0.107. The molecule has 0 radical (unpaired) electrons. The number of fused-ring (bicyclic) bond motifs is 1. The fourth-order valence-electron chi connectivity index (χ4n) is 4.34. The standard InChI is InChI=1S/C28H23NO2/c30-27-28(31,19-21-15-17-24(18-16-21)23-11-5-2-6-12-23)25-13-7-8-14-26(25)29(27)20-22-9-3-1-4-10-22/h1-18,31H,19-20H2. The van der Waals surface area contributed by atoms with Crippen molar-refractivity contribution in [2.45, 2.75) is 18.6 Å². The molecule has 1 aliphatic rings. The predicted molar refractivity (Wildman–Crippen MR) is 124 cm³/mol. The van der Waals surface area contributed by atoms with Crippen LogP contribution in [0.25, 0.3) is 11.1 Å². The minimum absolute atomic E-state index is 0.239. The van der Waals surface area contributed by atoms with Gasteiger partial charge in [0, 0.05) is 12.0 Å². The fourth-order valence-corrected chi connectivity index (χ4v) is 4.34. The van der Waals surface area contributed by atoms with Gasteiger partial charge in [-0.2, -0.15) is 0 Å². The Hall–Kier alpha value is -3.69. The number of hydrogen-bond donors (Lipinski definition) is 1. The SMILES string of the molecule is O=C1N(Cc2ccccc2)c2ccccc2C1(O)Cc1ccc(-c2ccccc2)cc1. The summed E-state index contributed by atoms with van der Waals surface area (Å²) in [6.07, 6.45) is 0.239. The van der Waals surface area contributed by atoms with Crippen LogP contribution in [0.15, 0.2) is 109 Å². The van der Waals surface area contributed by atoms with Crippen LogP contribution in [0.1, 0.15) is 16.7 Å². The van der Waals surface area contributed by atoms with Crippen LogP contribution in [0.2, 0.25) is 0 Å². The zero-order valence-electron chi connectivity index (χ0n) is 17.1. The van der Waals surface area contributed by atoms with Gasteiger partial charge in [0.2, 0.25) is 0 Å². The number of amides is 1. The molecule has 0 bridgehead atoms. The van der Waals surface area contributed by atoms with E-state index in [1.807, 2.05) is 97.1 Å². The molecule has 0 fully saturated rings. The van der Waals surface area contributed by atoms with Gasteiger partial charge in [-0.05, 0) is 28.3 Å². The molecule has 3 nitrogen and oxygen atoms in total. The molecule has 0 saturated carbocycles. The summed E-state index contributed by atoms with van der Waals surface area (Å²) < 4.78 is 0. The van der Waals surface area contributed by atoms with E-state index in [-0.39, 0.29) is 12.3 Å². The van der Waals surface area contributed by atoms with Crippen molar-refractivity contribution in [3.05, 3.63) is 126 Å². The third-order valence-corrected chi connectivity index (χ3v) is 5.94. The first-order chi connectivity index (χ1) is 15.1. The highest BCUT2D eigenvalue weighted by Gasteiger charge is 2.49. The average molecular weight is 405 g/mol. The van der Waals surface area contributed by atoms with Crippen molar-refractivity contribution >= 4 is 11.6 Å². The topological polar surface area (TPSA) is 40.5 Å². The van der Waals surface area contributed by atoms with Gasteiger partial charge in [0.05, 0.1) is 12.2 Å². The van der Waals surface area contributed by atoms with E-state index in [1.54, 1.807) is 4.90 Å². The Labute approximate surface area is 182 Å². The minimum Gasteiger partial charge on any atom is -0.375 e. The highest BCUT2D eigenvalue weighted by molar-refractivity contribution is 6.07. The van der Waals surface area contributed by atoms with E-state index in [0.29, 0.717) is 12.1 Å². The van der Waals surface area contributed by atoms with Gasteiger partial charge in [0.15, 0.2) is 5.60 Å². The van der Waals surface area contributed by atoms with E-state index in [1.165, 1.54) is 0 Å². The van der Waals surface area contributed by atoms with E-state index in [9.17, 15) is 9.90 Å². The number of rotatable bonds is 5. The first-order valence-electron chi connectivity index (χ1n) is 10.5. The summed E-state index contributed by atoms with van der Waals surface area (Å²) >= 11 is 0. The lowest BCUT2D eigenvalue weighted by atomic mass is 9.88. The summed E-state index contributed by atoms with van der Waals surface area (Å²) in [6, 6.07) is 35.7. The van der Waals surface area contributed by atoms with Crippen molar-refractivity contribution in [1.82, 2.24) is 0 Å². The molecule has 1 unspecified atom stereocenters. The van der Waals surface area contributed by atoms with Crippen molar-refractivity contribution < 1.29 is 9.90 Å². The van der Waals surface area contributed by atoms with Crippen LogP contribution in [0.4, 0.5) is 5.69 Å². The highest BCUT2D eigenvalue weighted by atomic mass is 16.3. The quantitative estimate of drug-likeness (QED) is 0.487. The molecule has 1 heterocycles. The second-order valence-corrected chi connectivity index (χ2v) is 7.99. The molecule has 0 spiro atoms. The molecule has 152 valence electrons. The van der Waals surface area contributed by atoms with E-state index < -0.39 is 5.60 Å². The summed E-state index contributed by atoms with van der Waals surface area (Å²) in [6.45, 7) is 0.436. The van der Waals surface area contributed by atoms with Gasteiger partial charge >= 0.3 is 0 Å². The van der Waals surface area contributed by atoms with Crippen LogP contribution in [0, 0.1) is 0 Å². The zero-order valence-corrected chi connectivity index (χ0v) is 17.1. The Morgan fingerprint density at radius 3 is 1.94 bits per heavy atom. The van der Waals surface area contributed by atoms with Crippen LogP contribution in [-0.4, -0.2) is 11.0 Å². The normalized spacial score (nSPS) is 17.6. The summed E-state index contributed by atoms with van der Waals surface area (Å²) in [5.74, 6) is -0.273. The number of para-hydroxylation sites is 1. The maximum Gasteiger partial charge on any atom is 0.264 e. The molecule has 1 N–H and O–H groups in total. The predicted octanol–water partition coefficient (Wildman–Crippen LogP) is 5.33. The monoisotopic (exact) mass is 405 g/mol. The highest BCUT2D eigenvalue weighted by Crippen LogP contribution is 2.43. The zero-order chi connectivity index (χ0) is 21.3. The Kier molecular flexibility index (Phi) is 4.89. The molecule has 1 aliphatic heterocycles. The molecule has 4 aromatic carbocycles. The van der Waals surface area contributed by atoms with E-state index in [2.05, 4.69) is 12.1 Å². The van der Waals surface area contributed by atoms with Gasteiger partial charge in [-0.15, -0.1) is 0 Å². The van der Waals surface area contributed by atoms with Crippen molar-refractivity contribution in [3.63, 3.8) is 0 Å². The lowest BCUT2D eigenvalue weighted by Gasteiger charge is -2.23. The van der Waals surface area contributed by atoms with Crippen molar-refractivity contribution in [2.75, 3.05) is 4.90 Å². The number of benzene rings is 4. The Balaban J connectivity index is 1.45. The maximum atomic E-state index is 13.5. The first-order valence-corrected chi connectivity index (χ1v) is 10.5. The lowest BCUT2D eigenvalue weighted by molar-refractivity contribution is -0.136. The van der Waals surface area contributed by atoms with Crippen LogP contribution >= 0.6 is 0 Å². The molecular weight excluding hydrogens is 382 g/mol. The Morgan fingerprint density at radius 2 is 1.23 bits per heavy atom. The molecule has 0 saturated heterocycles. The van der Waals surface area contributed by atoms with Crippen LogP contribution in [0.3, 0.4) is 0 Å². The molecule has 31 heavy (non-hydrogen) atoms. The van der Waals surface area contributed by atoms with Crippen LogP contribution in [-0.2, 0) is 23.4 Å². The van der Waals surface area contributed by atoms with E-state index >= 15 is 0 Å². The van der Waals surface area contributed by atoms with Crippen LogP contribution in [0.5, 0.6) is 0 Å². The number of aliphatic hydroxyl groups is 1.